The number of pyridine rings is 1. The third kappa shape index (κ3) is 2.14. The van der Waals surface area contributed by atoms with Gasteiger partial charge in [-0.2, -0.15) is 0 Å². The monoisotopic (exact) mass is 185 g/mol. The summed E-state index contributed by atoms with van der Waals surface area (Å²) in [5.74, 6) is 0. The van der Waals surface area contributed by atoms with Crippen LogP contribution >= 0.6 is 22.5 Å². The Balaban J connectivity index is 2.93. The Kier molecular flexibility index (Phi) is 2.84. The zero-order chi connectivity index (χ0) is 8.32. The molecule has 60 valence electrons. The van der Waals surface area contributed by atoms with E-state index in [2.05, 4.69) is 36.6 Å². The molecular weight excluding hydrogens is 174 g/mol. The van der Waals surface area contributed by atoms with E-state index in [4.69, 9.17) is 0 Å². The average molecular weight is 185 g/mol. The number of thiol groups is 1. The van der Waals surface area contributed by atoms with Crippen LogP contribution in [0.3, 0.4) is 0 Å². The van der Waals surface area contributed by atoms with Crippen molar-refractivity contribution < 1.29 is 0 Å². The number of hydrogen-bond donors (Lipinski definition) is 1. The minimum Gasteiger partial charge on any atom is -0.264 e. The molecule has 0 saturated carbocycles. The number of nitrogens with zero attached hydrogens (tertiary/aromatic N) is 1. The van der Waals surface area contributed by atoms with Crippen molar-refractivity contribution in [3.63, 3.8) is 0 Å². The van der Waals surface area contributed by atoms with E-state index in [1.165, 1.54) is 16.4 Å². The van der Waals surface area contributed by atoms with Gasteiger partial charge >= 0.3 is 0 Å². The van der Waals surface area contributed by atoms with Gasteiger partial charge in [-0.1, -0.05) is 16.9 Å². The van der Waals surface area contributed by atoms with E-state index in [1.54, 1.807) is 6.20 Å². The van der Waals surface area contributed by atoms with E-state index >= 15 is 0 Å². The highest BCUT2D eigenvalue weighted by Gasteiger charge is 2.18. The first-order valence-electron chi connectivity index (χ1n) is 3.40. The zero-order valence-corrected chi connectivity index (χ0v) is 8.32. The van der Waals surface area contributed by atoms with Crippen LogP contribution in [0.4, 0.5) is 0 Å². The van der Waals surface area contributed by atoms with E-state index in [-0.39, 0.29) is 4.75 Å². The van der Waals surface area contributed by atoms with Gasteiger partial charge in [0.05, 0.1) is 0 Å². The molecule has 1 aromatic rings. The summed E-state index contributed by atoms with van der Waals surface area (Å²) in [6, 6.07) is 4.01. The van der Waals surface area contributed by atoms with Gasteiger partial charge in [-0.15, -0.1) is 11.7 Å². The predicted octanol–water partition coefficient (Wildman–Crippen LogP) is 2.89. The van der Waals surface area contributed by atoms with Crippen LogP contribution in [0.1, 0.15) is 19.4 Å². The van der Waals surface area contributed by atoms with Crippen molar-refractivity contribution in [3.8, 4) is 0 Å². The van der Waals surface area contributed by atoms with Gasteiger partial charge in [-0.25, -0.2) is 0 Å². The SMILES string of the molecule is CC(C)(SS)c1cccnc1. The van der Waals surface area contributed by atoms with Gasteiger partial charge in [0.25, 0.3) is 0 Å². The van der Waals surface area contributed by atoms with Crippen LogP contribution in [0, 0.1) is 0 Å². The van der Waals surface area contributed by atoms with Crippen LogP contribution < -0.4 is 0 Å². The summed E-state index contributed by atoms with van der Waals surface area (Å²) >= 11 is 4.20. The number of hydrogen-bond acceptors (Lipinski definition) is 3. The molecule has 0 aliphatic rings. The molecule has 0 aliphatic heterocycles. The Morgan fingerprint density at radius 3 is 2.73 bits per heavy atom. The molecule has 0 aliphatic carbocycles. The fourth-order valence-electron chi connectivity index (χ4n) is 0.772. The van der Waals surface area contributed by atoms with Crippen LogP contribution in [0.25, 0.3) is 0 Å². The lowest BCUT2D eigenvalue weighted by atomic mass is 10.1. The first-order valence-corrected chi connectivity index (χ1v) is 5.27. The standard InChI is InChI=1S/C8H11NS2/c1-8(2,11-10)7-4-3-5-9-6-7/h3-6,10H,1-2H3. The highest BCUT2D eigenvalue weighted by atomic mass is 33.1. The van der Waals surface area contributed by atoms with Crippen LogP contribution in [-0.2, 0) is 4.75 Å². The average Bonchev–Trinajstić information content (AvgIpc) is 2.06. The van der Waals surface area contributed by atoms with E-state index in [0.717, 1.165) is 0 Å². The first kappa shape index (κ1) is 8.94. The summed E-state index contributed by atoms with van der Waals surface area (Å²) < 4.78 is 0.0529. The van der Waals surface area contributed by atoms with Gasteiger partial charge < -0.3 is 0 Å². The quantitative estimate of drug-likeness (QED) is 0.562. The van der Waals surface area contributed by atoms with Gasteiger partial charge in [-0.3, -0.25) is 4.98 Å². The van der Waals surface area contributed by atoms with E-state index in [9.17, 15) is 0 Å². The molecule has 0 N–H and O–H groups in total. The molecule has 11 heavy (non-hydrogen) atoms. The summed E-state index contributed by atoms with van der Waals surface area (Å²) in [5.41, 5.74) is 1.21. The van der Waals surface area contributed by atoms with Crippen molar-refractivity contribution in [1.29, 1.82) is 0 Å². The van der Waals surface area contributed by atoms with Crippen LogP contribution in [0.15, 0.2) is 24.5 Å². The summed E-state index contributed by atoms with van der Waals surface area (Å²) in [6.07, 6.45) is 3.66. The molecule has 1 rings (SSSR count). The van der Waals surface area contributed by atoms with Crippen molar-refractivity contribution in [2.24, 2.45) is 0 Å². The normalized spacial score (nSPS) is 11.5. The molecule has 0 saturated heterocycles. The fourth-order valence-corrected chi connectivity index (χ4v) is 1.31. The summed E-state index contributed by atoms with van der Waals surface area (Å²) in [5, 5.41) is 0. The molecule has 3 heteroatoms. The van der Waals surface area contributed by atoms with Gasteiger partial charge in [0, 0.05) is 17.1 Å². The molecule has 0 amide bonds. The Morgan fingerprint density at radius 1 is 1.55 bits per heavy atom. The molecule has 0 bridgehead atoms. The largest absolute Gasteiger partial charge is 0.264 e. The van der Waals surface area contributed by atoms with E-state index < -0.39 is 0 Å². The van der Waals surface area contributed by atoms with Crippen molar-refractivity contribution in [1.82, 2.24) is 4.98 Å². The Labute approximate surface area is 76.4 Å². The van der Waals surface area contributed by atoms with Gasteiger partial charge in [0.15, 0.2) is 0 Å². The Hall–Kier alpha value is -0.150. The van der Waals surface area contributed by atoms with Gasteiger partial charge in [-0.05, 0) is 25.5 Å². The maximum atomic E-state index is 4.20. The molecule has 0 atom stereocenters. The van der Waals surface area contributed by atoms with E-state index in [0.29, 0.717) is 0 Å². The second kappa shape index (κ2) is 3.50. The Morgan fingerprint density at radius 2 is 2.27 bits per heavy atom. The molecule has 1 heterocycles. The van der Waals surface area contributed by atoms with Crippen molar-refractivity contribution >= 4 is 22.5 Å². The smallest absolute Gasteiger partial charge is 0.0468 e. The van der Waals surface area contributed by atoms with Crippen molar-refractivity contribution in [3.05, 3.63) is 30.1 Å². The first-order chi connectivity index (χ1) is 5.17. The van der Waals surface area contributed by atoms with Crippen molar-refractivity contribution in [2.45, 2.75) is 18.6 Å². The van der Waals surface area contributed by atoms with Gasteiger partial charge in [0.1, 0.15) is 0 Å². The third-order valence-electron chi connectivity index (χ3n) is 1.58. The highest BCUT2D eigenvalue weighted by molar-refractivity contribution is 8.68. The van der Waals surface area contributed by atoms with Crippen LogP contribution in [-0.4, -0.2) is 4.98 Å². The minimum absolute atomic E-state index is 0.0529. The molecule has 0 spiro atoms. The lowest BCUT2D eigenvalue weighted by Gasteiger charge is -2.20. The lowest BCUT2D eigenvalue weighted by Crippen LogP contribution is -2.09. The van der Waals surface area contributed by atoms with Crippen LogP contribution in [0.2, 0.25) is 0 Å². The predicted molar refractivity (Wildman–Crippen MR) is 53.8 cm³/mol. The summed E-state index contributed by atoms with van der Waals surface area (Å²) in [6.45, 7) is 4.25. The third-order valence-corrected chi connectivity index (χ3v) is 3.65. The lowest BCUT2D eigenvalue weighted by molar-refractivity contribution is 0.783. The molecule has 1 nitrogen and oxygen atoms in total. The number of aromatic nitrogens is 1. The fraction of sp³-hybridized carbons (Fsp3) is 0.375. The molecule has 0 radical (unpaired) electrons. The number of rotatable bonds is 2. The maximum Gasteiger partial charge on any atom is 0.0468 e. The maximum absolute atomic E-state index is 4.20. The Bertz CT molecular complexity index is 221. The highest BCUT2D eigenvalue weighted by Crippen LogP contribution is 2.36. The van der Waals surface area contributed by atoms with Crippen LogP contribution in [0.5, 0.6) is 0 Å². The molecule has 0 aromatic carbocycles. The van der Waals surface area contributed by atoms with E-state index in [1.807, 2.05) is 12.3 Å². The molecule has 0 fully saturated rings. The van der Waals surface area contributed by atoms with Gasteiger partial charge in [0.2, 0.25) is 0 Å². The summed E-state index contributed by atoms with van der Waals surface area (Å²) in [4.78, 5) is 4.05. The summed E-state index contributed by atoms with van der Waals surface area (Å²) in [7, 11) is 1.53. The molecular formula is C8H11NS2. The minimum atomic E-state index is 0.0529. The second-order valence-electron chi connectivity index (χ2n) is 2.84. The molecule has 1 aromatic heterocycles. The van der Waals surface area contributed by atoms with Crippen molar-refractivity contribution in [2.75, 3.05) is 0 Å². The topological polar surface area (TPSA) is 12.9 Å². The molecule has 0 unspecified atom stereocenters. The zero-order valence-electron chi connectivity index (χ0n) is 6.61. The second-order valence-corrected chi connectivity index (χ2v) is 4.59.